The zero-order chi connectivity index (χ0) is 17.3. The normalized spacial score (nSPS) is 11.6. The average molecular weight is 364 g/mol. The van der Waals surface area contributed by atoms with E-state index in [9.17, 15) is 13.2 Å². The lowest BCUT2D eigenvalue weighted by Crippen LogP contribution is -2.15. The van der Waals surface area contributed by atoms with Gasteiger partial charge in [0.2, 0.25) is 10.0 Å². The van der Waals surface area contributed by atoms with Crippen LogP contribution in [-0.2, 0) is 10.0 Å². The van der Waals surface area contributed by atoms with Gasteiger partial charge in [-0.25, -0.2) is 13.5 Å². The molecule has 0 radical (unpaired) electrons. The Hall–Kier alpha value is -2.38. The number of aromatic amines is 1. The lowest BCUT2D eigenvalue weighted by atomic mass is 10.0. The molecular weight excluding hydrogens is 350 g/mol. The largest absolute Gasteiger partial charge is 0.282 e. The summed E-state index contributed by atoms with van der Waals surface area (Å²) in [4.78, 5) is 11.9. The molecule has 1 aromatic heterocycles. The molecule has 0 unspecified atom stereocenters. The maximum atomic E-state index is 11.9. The lowest BCUT2D eigenvalue weighted by molar-refractivity contribution is 0.602. The molecule has 3 aromatic rings. The summed E-state index contributed by atoms with van der Waals surface area (Å²) in [5, 5.41) is 8.03. The van der Waals surface area contributed by atoms with Crippen LogP contribution in [0, 0.1) is 0 Å². The van der Waals surface area contributed by atoms with Gasteiger partial charge in [-0.15, -0.1) is 0 Å². The summed E-state index contributed by atoms with van der Waals surface area (Å²) in [5.74, 6) is -0.0621. The maximum Gasteiger partial charge on any atom is 0.272 e. The van der Waals surface area contributed by atoms with Crippen molar-refractivity contribution in [1.82, 2.24) is 10.2 Å². The molecule has 6 nitrogen and oxygen atoms in total. The molecule has 0 bridgehead atoms. The van der Waals surface area contributed by atoms with Gasteiger partial charge in [0, 0.05) is 10.9 Å². The summed E-state index contributed by atoms with van der Waals surface area (Å²) >= 11 is 6.08. The number of anilines is 1. The first-order valence-electron chi connectivity index (χ1n) is 7.19. The number of H-pyrrole nitrogens is 1. The second-order valence-electron chi connectivity index (χ2n) is 5.15. The molecule has 0 aliphatic carbocycles. The molecule has 0 aliphatic rings. The topological polar surface area (TPSA) is 91.9 Å². The third kappa shape index (κ3) is 3.13. The molecule has 0 amide bonds. The number of benzene rings is 2. The van der Waals surface area contributed by atoms with Crippen molar-refractivity contribution in [3.63, 3.8) is 0 Å². The Kier molecular flexibility index (Phi) is 4.29. The first-order valence-corrected chi connectivity index (χ1v) is 9.22. The van der Waals surface area contributed by atoms with Crippen molar-refractivity contribution in [2.24, 2.45) is 0 Å². The first kappa shape index (κ1) is 16.5. The number of fused-ring (bicyclic) bond motifs is 1. The van der Waals surface area contributed by atoms with Crippen LogP contribution in [-0.4, -0.2) is 24.4 Å². The minimum absolute atomic E-state index is 0.0621. The quantitative estimate of drug-likeness (QED) is 0.745. The van der Waals surface area contributed by atoms with Crippen LogP contribution in [0.5, 0.6) is 0 Å². The zero-order valence-electron chi connectivity index (χ0n) is 12.7. The van der Waals surface area contributed by atoms with Crippen LogP contribution < -0.4 is 10.3 Å². The minimum atomic E-state index is -3.46. The number of hydrogen-bond donors (Lipinski definition) is 2. The number of rotatable bonds is 4. The second-order valence-corrected chi connectivity index (χ2v) is 7.57. The van der Waals surface area contributed by atoms with E-state index in [0.717, 1.165) is 0 Å². The minimum Gasteiger partial charge on any atom is -0.282 e. The van der Waals surface area contributed by atoms with Crippen LogP contribution in [0.2, 0.25) is 5.02 Å². The first-order chi connectivity index (χ1) is 11.4. The number of aromatic nitrogens is 2. The Bertz CT molecular complexity index is 1080. The van der Waals surface area contributed by atoms with E-state index in [0.29, 0.717) is 22.0 Å². The molecule has 8 heteroatoms. The predicted octanol–water partition coefficient (Wildman–Crippen LogP) is 3.01. The van der Waals surface area contributed by atoms with Crippen LogP contribution in [0.1, 0.15) is 6.92 Å². The second kappa shape index (κ2) is 6.26. The van der Waals surface area contributed by atoms with Crippen LogP contribution in [0.3, 0.4) is 0 Å². The summed E-state index contributed by atoms with van der Waals surface area (Å²) in [6, 6.07) is 12.0. The Balaban J connectivity index is 2.18. The van der Waals surface area contributed by atoms with Gasteiger partial charge >= 0.3 is 0 Å². The lowest BCUT2D eigenvalue weighted by Gasteiger charge is -2.11. The van der Waals surface area contributed by atoms with Crippen molar-refractivity contribution >= 4 is 38.1 Å². The molecule has 0 atom stereocenters. The fourth-order valence-electron chi connectivity index (χ4n) is 2.33. The Morgan fingerprint density at radius 2 is 1.88 bits per heavy atom. The van der Waals surface area contributed by atoms with Crippen LogP contribution >= 0.6 is 11.6 Å². The van der Waals surface area contributed by atoms with Gasteiger partial charge in [0.1, 0.15) is 0 Å². The molecule has 0 saturated carbocycles. The highest BCUT2D eigenvalue weighted by molar-refractivity contribution is 7.92. The molecule has 0 aliphatic heterocycles. The number of sulfonamides is 1. The van der Waals surface area contributed by atoms with Gasteiger partial charge in [0.25, 0.3) is 5.56 Å². The van der Waals surface area contributed by atoms with E-state index in [-0.39, 0.29) is 22.0 Å². The zero-order valence-corrected chi connectivity index (χ0v) is 14.3. The molecular formula is C16H14ClN3O3S. The van der Waals surface area contributed by atoms with Crippen molar-refractivity contribution < 1.29 is 8.42 Å². The average Bonchev–Trinajstić information content (AvgIpc) is 2.58. The molecule has 124 valence electrons. The molecule has 0 fully saturated rings. The van der Waals surface area contributed by atoms with Gasteiger partial charge in [-0.1, -0.05) is 35.9 Å². The molecule has 1 heterocycles. The highest BCUT2D eigenvalue weighted by Gasteiger charge is 2.13. The van der Waals surface area contributed by atoms with Gasteiger partial charge in [0.15, 0.2) is 0 Å². The maximum absolute atomic E-state index is 11.9. The van der Waals surface area contributed by atoms with E-state index in [1.165, 1.54) is 6.92 Å². The monoisotopic (exact) mass is 363 g/mol. The SMILES string of the molecule is CCS(=O)(=O)Nc1cc(-c2n[nH]c(=O)c3ccccc23)ccc1Cl. The van der Waals surface area contributed by atoms with Gasteiger partial charge in [0.05, 0.1) is 27.5 Å². The number of hydrogen-bond acceptors (Lipinski definition) is 4. The molecule has 2 N–H and O–H groups in total. The predicted molar refractivity (Wildman–Crippen MR) is 95.9 cm³/mol. The third-order valence-corrected chi connectivity index (χ3v) is 5.20. The van der Waals surface area contributed by atoms with Crippen LogP contribution in [0.15, 0.2) is 47.3 Å². The third-order valence-electron chi connectivity index (χ3n) is 3.58. The van der Waals surface area contributed by atoms with Crippen molar-refractivity contribution in [2.75, 3.05) is 10.5 Å². The van der Waals surface area contributed by atoms with Gasteiger partial charge in [-0.2, -0.15) is 5.10 Å². The highest BCUT2D eigenvalue weighted by Crippen LogP contribution is 2.31. The van der Waals surface area contributed by atoms with E-state index >= 15 is 0 Å². The van der Waals surface area contributed by atoms with Crippen molar-refractivity contribution in [2.45, 2.75) is 6.92 Å². The van der Waals surface area contributed by atoms with Crippen molar-refractivity contribution in [3.05, 3.63) is 57.8 Å². The van der Waals surface area contributed by atoms with E-state index in [1.807, 2.05) is 6.07 Å². The van der Waals surface area contributed by atoms with Crippen LogP contribution in [0.25, 0.3) is 22.0 Å². The summed E-state index contributed by atoms with van der Waals surface area (Å²) in [5.41, 5.74) is 1.17. The summed E-state index contributed by atoms with van der Waals surface area (Å²) < 4.78 is 26.0. The number of nitrogens with one attached hydrogen (secondary N) is 2. The van der Waals surface area contributed by atoms with Crippen molar-refractivity contribution in [1.29, 1.82) is 0 Å². The van der Waals surface area contributed by atoms with Gasteiger partial charge < -0.3 is 0 Å². The molecule has 0 saturated heterocycles. The molecule has 24 heavy (non-hydrogen) atoms. The summed E-state index contributed by atoms with van der Waals surface area (Å²) in [7, 11) is -3.46. The Labute approximate surface area is 143 Å². The Morgan fingerprint density at radius 3 is 2.58 bits per heavy atom. The van der Waals surface area contributed by atoms with Crippen LogP contribution in [0.4, 0.5) is 5.69 Å². The summed E-state index contributed by atoms with van der Waals surface area (Å²) in [6.07, 6.45) is 0. The fourth-order valence-corrected chi connectivity index (χ4v) is 3.19. The fraction of sp³-hybridized carbons (Fsp3) is 0.125. The highest BCUT2D eigenvalue weighted by atomic mass is 35.5. The van der Waals surface area contributed by atoms with E-state index in [1.54, 1.807) is 36.4 Å². The number of nitrogens with zero attached hydrogens (tertiary/aromatic N) is 1. The summed E-state index contributed by atoms with van der Waals surface area (Å²) in [6.45, 7) is 1.54. The standard InChI is InChI=1S/C16H14ClN3O3S/c1-2-24(22,23)20-14-9-10(7-8-13(14)17)15-11-5-3-4-6-12(11)16(21)19-18-15/h3-9,20H,2H2,1H3,(H,19,21). The van der Waals surface area contributed by atoms with Crippen molar-refractivity contribution in [3.8, 4) is 11.3 Å². The molecule has 2 aromatic carbocycles. The smallest absolute Gasteiger partial charge is 0.272 e. The van der Waals surface area contributed by atoms with E-state index < -0.39 is 10.0 Å². The number of halogens is 1. The molecule has 3 rings (SSSR count). The molecule has 0 spiro atoms. The van der Waals surface area contributed by atoms with Gasteiger partial charge in [-0.3, -0.25) is 9.52 Å². The van der Waals surface area contributed by atoms with E-state index in [2.05, 4.69) is 14.9 Å². The Morgan fingerprint density at radius 1 is 1.17 bits per heavy atom. The van der Waals surface area contributed by atoms with E-state index in [4.69, 9.17) is 11.6 Å². The van der Waals surface area contributed by atoms with Gasteiger partial charge in [-0.05, 0) is 25.1 Å².